The average molecular weight is 357 g/mol. The van der Waals surface area contributed by atoms with Crippen LogP contribution in [0, 0.1) is 0 Å². The summed E-state index contributed by atoms with van der Waals surface area (Å²) in [4.78, 5) is 30.9. The molecule has 0 spiro atoms. The van der Waals surface area contributed by atoms with Crippen LogP contribution in [0.25, 0.3) is 0 Å². The van der Waals surface area contributed by atoms with Crippen LogP contribution < -0.4 is 5.32 Å². The van der Waals surface area contributed by atoms with Gasteiger partial charge >= 0.3 is 0 Å². The maximum atomic E-state index is 12.5. The number of hydrogen-bond acceptors (Lipinski definition) is 5. The highest BCUT2D eigenvalue weighted by Gasteiger charge is 2.24. The molecule has 2 aliphatic heterocycles. The third-order valence-electron chi connectivity index (χ3n) is 4.84. The molecular weight excluding hydrogens is 324 g/mol. The van der Waals surface area contributed by atoms with Crippen molar-refractivity contribution in [3.05, 3.63) is 0 Å². The summed E-state index contributed by atoms with van der Waals surface area (Å²) in [6, 6.07) is 0.319. The molecule has 0 aliphatic carbocycles. The first-order chi connectivity index (χ1) is 11.6. The zero-order valence-corrected chi connectivity index (χ0v) is 15.9. The molecule has 0 radical (unpaired) electrons. The lowest BCUT2D eigenvalue weighted by atomic mass is 10.2. The molecule has 1 unspecified atom stereocenters. The Hall–Kier alpha value is -0.790. The largest absolute Gasteiger partial charge is 0.342 e. The van der Waals surface area contributed by atoms with Crippen LogP contribution in [0.3, 0.4) is 0 Å². The van der Waals surface area contributed by atoms with Gasteiger partial charge in [-0.25, -0.2) is 0 Å². The number of carbonyl (C=O) groups is 2. The molecular formula is C17H32N4O2S. The summed E-state index contributed by atoms with van der Waals surface area (Å²) >= 11 is 1.93. The van der Waals surface area contributed by atoms with Crippen LogP contribution in [-0.2, 0) is 9.59 Å². The van der Waals surface area contributed by atoms with Crippen molar-refractivity contribution in [2.24, 2.45) is 0 Å². The lowest BCUT2D eigenvalue weighted by Crippen LogP contribution is -2.44. The molecule has 2 rings (SSSR count). The van der Waals surface area contributed by atoms with Gasteiger partial charge in [-0.05, 0) is 20.3 Å². The summed E-state index contributed by atoms with van der Waals surface area (Å²) in [6.07, 6.45) is 1.55. The zero-order valence-electron chi connectivity index (χ0n) is 15.1. The minimum Gasteiger partial charge on any atom is -0.342 e. The highest BCUT2D eigenvalue weighted by molar-refractivity contribution is 7.99. The molecule has 6 nitrogen and oxygen atoms in total. The SMILES string of the molecule is CCN(CC)C(=O)CN1CCCN(C(=O)CC2CSCCN2)CC1. The normalized spacial score (nSPS) is 22.9. The van der Waals surface area contributed by atoms with Crippen LogP contribution in [0.4, 0.5) is 0 Å². The molecule has 2 aliphatic rings. The Labute approximate surface area is 150 Å². The summed E-state index contributed by atoms with van der Waals surface area (Å²) in [5.74, 6) is 2.63. The minimum atomic E-state index is 0.197. The van der Waals surface area contributed by atoms with Gasteiger partial charge in [0.05, 0.1) is 6.54 Å². The summed E-state index contributed by atoms with van der Waals surface area (Å²) in [5.41, 5.74) is 0. The number of thioether (sulfide) groups is 1. The van der Waals surface area contributed by atoms with E-state index in [1.807, 2.05) is 35.4 Å². The van der Waals surface area contributed by atoms with Gasteiger partial charge in [-0.1, -0.05) is 0 Å². The quantitative estimate of drug-likeness (QED) is 0.750. The monoisotopic (exact) mass is 356 g/mol. The minimum absolute atomic E-state index is 0.197. The Morgan fingerprint density at radius 3 is 2.62 bits per heavy atom. The summed E-state index contributed by atoms with van der Waals surface area (Å²) in [7, 11) is 0. The number of amides is 2. The lowest BCUT2D eigenvalue weighted by molar-refractivity contribution is -0.132. The number of rotatable bonds is 6. The van der Waals surface area contributed by atoms with E-state index >= 15 is 0 Å². The second-order valence-electron chi connectivity index (χ2n) is 6.51. The fourth-order valence-corrected chi connectivity index (χ4v) is 4.29. The predicted octanol–water partition coefficient (Wildman–Crippen LogP) is 0.484. The molecule has 2 amide bonds. The van der Waals surface area contributed by atoms with Crippen molar-refractivity contribution in [3.8, 4) is 0 Å². The topological polar surface area (TPSA) is 55.9 Å². The molecule has 7 heteroatoms. The molecule has 0 aromatic heterocycles. The molecule has 2 heterocycles. The first kappa shape index (κ1) is 19.5. The summed E-state index contributed by atoms with van der Waals surface area (Å²) < 4.78 is 0. The van der Waals surface area contributed by atoms with Gasteiger partial charge in [-0.15, -0.1) is 0 Å². The van der Waals surface area contributed by atoms with E-state index in [0.29, 0.717) is 19.0 Å². The Balaban J connectivity index is 1.77. The number of carbonyl (C=O) groups excluding carboxylic acids is 2. The third-order valence-corrected chi connectivity index (χ3v) is 5.97. The van der Waals surface area contributed by atoms with E-state index < -0.39 is 0 Å². The maximum absolute atomic E-state index is 12.5. The van der Waals surface area contributed by atoms with Crippen LogP contribution >= 0.6 is 11.8 Å². The first-order valence-electron chi connectivity index (χ1n) is 9.23. The highest BCUT2D eigenvalue weighted by atomic mass is 32.2. The third kappa shape index (κ3) is 5.93. The second kappa shape index (κ2) is 10.3. The maximum Gasteiger partial charge on any atom is 0.236 e. The van der Waals surface area contributed by atoms with E-state index in [4.69, 9.17) is 0 Å². The average Bonchev–Trinajstić information content (AvgIpc) is 2.82. The van der Waals surface area contributed by atoms with Crippen molar-refractivity contribution in [1.82, 2.24) is 20.0 Å². The van der Waals surface area contributed by atoms with Crippen molar-refractivity contribution in [1.29, 1.82) is 0 Å². The van der Waals surface area contributed by atoms with Gasteiger partial charge in [-0.3, -0.25) is 14.5 Å². The molecule has 0 bridgehead atoms. The first-order valence-corrected chi connectivity index (χ1v) is 10.4. The Morgan fingerprint density at radius 1 is 1.17 bits per heavy atom. The van der Waals surface area contributed by atoms with Crippen molar-refractivity contribution in [2.75, 3.05) is 63.9 Å². The predicted molar refractivity (Wildman–Crippen MR) is 99.3 cm³/mol. The van der Waals surface area contributed by atoms with E-state index in [1.54, 1.807) is 0 Å². The van der Waals surface area contributed by atoms with E-state index in [0.717, 1.165) is 63.7 Å². The molecule has 0 saturated carbocycles. The van der Waals surface area contributed by atoms with Gasteiger partial charge in [-0.2, -0.15) is 11.8 Å². The van der Waals surface area contributed by atoms with Crippen LogP contribution in [0.15, 0.2) is 0 Å². The lowest BCUT2D eigenvalue weighted by Gasteiger charge is -2.27. The molecule has 0 aromatic carbocycles. The van der Waals surface area contributed by atoms with Crippen molar-refractivity contribution in [2.45, 2.75) is 32.7 Å². The van der Waals surface area contributed by atoms with E-state index in [2.05, 4.69) is 10.2 Å². The molecule has 2 fully saturated rings. The Morgan fingerprint density at radius 2 is 1.96 bits per heavy atom. The number of likely N-dealkylation sites (N-methyl/N-ethyl adjacent to an activating group) is 1. The Bertz CT molecular complexity index is 411. The molecule has 24 heavy (non-hydrogen) atoms. The molecule has 2 saturated heterocycles. The smallest absolute Gasteiger partial charge is 0.236 e. The summed E-state index contributed by atoms with van der Waals surface area (Å²) in [6.45, 7) is 10.3. The van der Waals surface area contributed by atoms with E-state index in [1.165, 1.54) is 0 Å². The fourth-order valence-electron chi connectivity index (χ4n) is 3.34. The zero-order chi connectivity index (χ0) is 17.4. The highest BCUT2D eigenvalue weighted by Crippen LogP contribution is 2.13. The standard InChI is InChI=1S/C17H32N4O2S/c1-3-20(4-2)17(23)13-19-7-5-8-21(10-9-19)16(22)12-15-14-24-11-6-18-15/h15,18H,3-14H2,1-2H3. The second-order valence-corrected chi connectivity index (χ2v) is 7.66. The van der Waals surface area contributed by atoms with Crippen LogP contribution in [-0.4, -0.2) is 96.4 Å². The van der Waals surface area contributed by atoms with Crippen molar-refractivity contribution >= 4 is 23.6 Å². The van der Waals surface area contributed by atoms with Crippen LogP contribution in [0.2, 0.25) is 0 Å². The molecule has 138 valence electrons. The summed E-state index contributed by atoms with van der Waals surface area (Å²) in [5, 5.41) is 3.44. The fraction of sp³-hybridized carbons (Fsp3) is 0.882. The molecule has 1 N–H and O–H groups in total. The van der Waals surface area contributed by atoms with Crippen molar-refractivity contribution < 1.29 is 9.59 Å². The van der Waals surface area contributed by atoms with Gasteiger partial charge in [0, 0.05) is 69.8 Å². The van der Waals surface area contributed by atoms with Gasteiger partial charge in [0.2, 0.25) is 11.8 Å². The van der Waals surface area contributed by atoms with Gasteiger partial charge in [0.15, 0.2) is 0 Å². The molecule has 1 atom stereocenters. The van der Waals surface area contributed by atoms with Gasteiger partial charge < -0.3 is 15.1 Å². The van der Waals surface area contributed by atoms with E-state index in [9.17, 15) is 9.59 Å². The van der Waals surface area contributed by atoms with Gasteiger partial charge in [0.1, 0.15) is 0 Å². The number of nitrogens with one attached hydrogen (secondary N) is 1. The Kier molecular flexibility index (Phi) is 8.35. The molecule has 0 aromatic rings. The number of hydrogen-bond donors (Lipinski definition) is 1. The van der Waals surface area contributed by atoms with Crippen LogP contribution in [0.5, 0.6) is 0 Å². The van der Waals surface area contributed by atoms with Crippen LogP contribution in [0.1, 0.15) is 26.7 Å². The number of nitrogens with zero attached hydrogens (tertiary/aromatic N) is 3. The van der Waals surface area contributed by atoms with Gasteiger partial charge in [0.25, 0.3) is 0 Å². The van der Waals surface area contributed by atoms with E-state index in [-0.39, 0.29) is 11.8 Å². The van der Waals surface area contributed by atoms with Crippen molar-refractivity contribution in [3.63, 3.8) is 0 Å².